The molecule has 0 aromatic rings. The Balaban J connectivity index is 1.66. The third-order valence-corrected chi connectivity index (χ3v) is 5.97. The standard InChI is InChI=1S/C18H26N2O2/c21-16-10-12-18(17(22)19-13-8-9-13)11-4-3-7-15(18)20(16)14-5-1-2-6-14/h7,13-14H,1-6,8-12H2,(H,19,22). The molecule has 4 nitrogen and oxygen atoms in total. The van der Waals surface area contributed by atoms with Crippen LogP contribution in [0, 0.1) is 5.41 Å². The number of fused-ring (bicyclic) bond motifs is 1. The predicted molar refractivity (Wildman–Crippen MR) is 83.9 cm³/mol. The Morgan fingerprint density at radius 3 is 2.64 bits per heavy atom. The third kappa shape index (κ3) is 2.27. The number of hydrogen-bond acceptors (Lipinski definition) is 2. The minimum Gasteiger partial charge on any atom is -0.353 e. The molecule has 1 atom stereocenters. The predicted octanol–water partition coefficient (Wildman–Crippen LogP) is 2.88. The van der Waals surface area contributed by atoms with Gasteiger partial charge in [0, 0.05) is 24.2 Å². The quantitative estimate of drug-likeness (QED) is 0.871. The molecular formula is C18H26N2O2. The van der Waals surface area contributed by atoms with E-state index in [1.807, 2.05) is 4.90 Å². The summed E-state index contributed by atoms with van der Waals surface area (Å²) in [5, 5.41) is 3.22. The summed E-state index contributed by atoms with van der Waals surface area (Å²) in [6, 6.07) is 0.730. The van der Waals surface area contributed by atoms with E-state index in [2.05, 4.69) is 11.4 Å². The molecular weight excluding hydrogens is 276 g/mol. The van der Waals surface area contributed by atoms with Crippen molar-refractivity contribution in [1.82, 2.24) is 10.2 Å². The first-order chi connectivity index (χ1) is 10.7. The number of rotatable bonds is 3. The van der Waals surface area contributed by atoms with Crippen LogP contribution in [0.15, 0.2) is 11.8 Å². The van der Waals surface area contributed by atoms with Crippen LogP contribution < -0.4 is 5.32 Å². The van der Waals surface area contributed by atoms with Crippen molar-refractivity contribution in [2.24, 2.45) is 5.41 Å². The van der Waals surface area contributed by atoms with Gasteiger partial charge in [0.05, 0.1) is 5.41 Å². The molecule has 3 aliphatic carbocycles. The summed E-state index contributed by atoms with van der Waals surface area (Å²) in [6.07, 6.45) is 13.3. The normalized spacial score (nSPS) is 32.6. The lowest BCUT2D eigenvalue weighted by atomic mass is 9.68. The van der Waals surface area contributed by atoms with Crippen LogP contribution >= 0.6 is 0 Å². The number of piperidine rings is 1. The van der Waals surface area contributed by atoms with Crippen molar-refractivity contribution in [3.8, 4) is 0 Å². The monoisotopic (exact) mass is 302 g/mol. The molecule has 120 valence electrons. The molecule has 4 heteroatoms. The molecule has 1 aliphatic heterocycles. The molecule has 0 spiro atoms. The van der Waals surface area contributed by atoms with Gasteiger partial charge in [-0.15, -0.1) is 0 Å². The highest BCUT2D eigenvalue weighted by molar-refractivity contribution is 5.91. The minimum absolute atomic E-state index is 0.191. The number of carbonyl (C=O) groups is 2. The van der Waals surface area contributed by atoms with E-state index in [1.165, 1.54) is 12.8 Å². The summed E-state index contributed by atoms with van der Waals surface area (Å²) in [5.41, 5.74) is 0.636. The molecule has 0 aromatic carbocycles. The molecule has 1 heterocycles. The van der Waals surface area contributed by atoms with E-state index in [1.54, 1.807) is 0 Å². The van der Waals surface area contributed by atoms with E-state index in [4.69, 9.17) is 0 Å². The van der Waals surface area contributed by atoms with Gasteiger partial charge in [-0.2, -0.15) is 0 Å². The topological polar surface area (TPSA) is 49.4 Å². The number of hydrogen-bond donors (Lipinski definition) is 1. The second kappa shape index (κ2) is 5.39. The third-order valence-electron chi connectivity index (χ3n) is 5.97. The Morgan fingerprint density at radius 1 is 1.14 bits per heavy atom. The second-order valence-corrected chi connectivity index (χ2v) is 7.51. The Hall–Kier alpha value is -1.32. The minimum atomic E-state index is -0.419. The van der Waals surface area contributed by atoms with Crippen molar-refractivity contribution in [1.29, 1.82) is 0 Å². The van der Waals surface area contributed by atoms with Gasteiger partial charge in [-0.25, -0.2) is 0 Å². The summed E-state index contributed by atoms with van der Waals surface area (Å²) in [4.78, 5) is 27.6. The molecule has 3 fully saturated rings. The first-order valence-corrected chi connectivity index (χ1v) is 9.04. The Bertz CT molecular complexity index is 517. The van der Waals surface area contributed by atoms with Gasteiger partial charge in [-0.1, -0.05) is 18.9 Å². The maximum atomic E-state index is 13.0. The highest BCUT2D eigenvalue weighted by Gasteiger charge is 2.51. The molecule has 2 amide bonds. The maximum Gasteiger partial charge on any atom is 0.232 e. The number of allylic oxidation sites excluding steroid dienone is 1. The summed E-state index contributed by atoms with van der Waals surface area (Å²) in [6.45, 7) is 0. The van der Waals surface area contributed by atoms with E-state index in [-0.39, 0.29) is 11.8 Å². The zero-order valence-electron chi connectivity index (χ0n) is 13.3. The van der Waals surface area contributed by atoms with Crippen LogP contribution in [0.25, 0.3) is 0 Å². The van der Waals surface area contributed by atoms with Crippen molar-refractivity contribution in [2.45, 2.75) is 82.7 Å². The highest BCUT2D eigenvalue weighted by Crippen LogP contribution is 2.49. The number of nitrogens with one attached hydrogen (secondary N) is 1. The molecule has 0 bridgehead atoms. The van der Waals surface area contributed by atoms with Gasteiger partial charge < -0.3 is 10.2 Å². The first-order valence-electron chi connectivity index (χ1n) is 9.04. The lowest BCUT2D eigenvalue weighted by molar-refractivity contribution is -0.142. The van der Waals surface area contributed by atoms with E-state index in [9.17, 15) is 9.59 Å². The number of likely N-dealkylation sites (tertiary alicyclic amines) is 1. The molecule has 0 radical (unpaired) electrons. The van der Waals surface area contributed by atoms with Crippen LogP contribution in [0.1, 0.15) is 70.6 Å². The maximum absolute atomic E-state index is 13.0. The molecule has 1 N–H and O–H groups in total. The van der Waals surface area contributed by atoms with Crippen molar-refractivity contribution in [3.05, 3.63) is 11.8 Å². The largest absolute Gasteiger partial charge is 0.353 e. The molecule has 4 rings (SSSR count). The average Bonchev–Trinajstić information content (AvgIpc) is 3.18. The van der Waals surface area contributed by atoms with Gasteiger partial charge in [0.25, 0.3) is 0 Å². The fraction of sp³-hybridized carbons (Fsp3) is 0.778. The molecule has 1 unspecified atom stereocenters. The van der Waals surface area contributed by atoms with Crippen LogP contribution in [0.5, 0.6) is 0 Å². The SMILES string of the molecule is O=C1CCC2(C(=O)NC3CC3)CCCC=C2N1C1CCCC1. The van der Waals surface area contributed by atoms with Crippen LogP contribution in [0.2, 0.25) is 0 Å². The summed E-state index contributed by atoms with van der Waals surface area (Å²) in [7, 11) is 0. The average molecular weight is 302 g/mol. The van der Waals surface area contributed by atoms with Crippen molar-refractivity contribution < 1.29 is 9.59 Å². The van der Waals surface area contributed by atoms with Crippen LogP contribution in [0.3, 0.4) is 0 Å². The number of amides is 2. The zero-order chi connectivity index (χ0) is 15.2. The van der Waals surface area contributed by atoms with Crippen molar-refractivity contribution >= 4 is 11.8 Å². The Labute approximate surface area is 132 Å². The van der Waals surface area contributed by atoms with E-state index in [0.29, 0.717) is 24.9 Å². The molecule has 2 saturated carbocycles. The van der Waals surface area contributed by atoms with Crippen LogP contribution in [-0.4, -0.2) is 28.8 Å². The lowest BCUT2D eigenvalue weighted by Gasteiger charge is -2.48. The zero-order valence-corrected chi connectivity index (χ0v) is 13.3. The number of nitrogens with zero attached hydrogens (tertiary/aromatic N) is 1. The van der Waals surface area contributed by atoms with Crippen molar-refractivity contribution in [2.75, 3.05) is 0 Å². The highest BCUT2D eigenvalue weighted by atomic mass is 16.2. The Kier molecular flexibility index (Phi) is 3.50. The van der Waals surface area contributed by atoms with E-state index >= 15 is 0 Å². The fourth-order valence-corrected chi connectivity index (χ4v) is 4.58. The van der Waals surface area contributed by atoms with Gasteiger partial charge in [0.2, 0.25) is 11.8 Å². The fourth-order valence-electron chi connectivity index (χ4n) is 4.58. The van der Waals surface area contributed by atoms with Crippen LogP contribution in [0.4, 0.5) is 0 Å². The molecule has 1 saturated heterocycles. The summed E-state index contributed by atoms with van der Waals surface area (Å²) < 4.78 is 0. The lowest BCUT2D eigenvalue weighted by Crippen LogP contribution is -2.55. The molecule has 22 heavy (non-hydrogen) atoms. The van der Waals surface area contributed by atoms with Gasteiger partial charge in [0.15, 0.2) is 0 Å². The van der Waals surface area contributed by atoms with Gasteiger partial charge >= 0.3 is 0 Å². The summed E-state index contributed by atoms with van der Waals surface area (Å²) >= 11 is 0. The first kappa shape index (κ1) is 14.3. The summed E-state index contributed by atoms with van der Waals surface area (Å²) in [5.74, 6) is 0.436. The number of carbonyl (C=O) groups excluding carboxylic acids is 2. The Morgan fingerprint density at radius 2 is 1.91 bits per heavy atom. The van der Waals surface area contributed by atoms with Crippen LogP contribution in [-0.2, 0) is 9.59 Å². The molecule has 4 aliphatic rings. The van der Waals surface area contributed by atoms with Gasteiger partial charge in [-0.05, 0) is 51.4 Å². The van der Waals surface area contributed by atoms with Gasteiger partial charge in [0.1, 0.15) is 0 Å². The van der Waals surface area contributed by atoms with E-state index in [0.717, 1.165) is 50.6 Å². The van der Waals surface area contributed by atoms with E-state index < -0.39 is 5.41 Å². The second-order valence-electron chi connectivity index (χ2n) is 7.51. The van der Waals surface area contributed by atoms with Crippen molar-refractivity contribution in [3.63, 3.8) is 0 Å². The smallest absolute Gasteiger partial charge is 0.232 e. The van der Waals surface area contributed by atoms with Gasteiger partial charge in [-0.3, -0.25) is 9.59 Å². The molecule has 0 aromatic heterocycles.